The number of Topliss-reactive ketones (excluding diaryl/α,β-unsaturated/α-hetero) is 1. The standard InChI is InChI=1S/C16H15NO4/c1-10(18)12-7-14(16(19)20)17(8-12)9-13-6-11-4-2-3-5-15(11)21-13/h2-5,7-8,13H,6,9H2,1H3,(H,19,20). The number of ether oxygens (including phenoxy) is 1. The quantitative estimate of drug-likeness (QED) is 0.876. The van der Waals surface area contributed by atoms with E-state index in [-0.39, 0.29) is 17.6 Å². The molecule has 1 N–H and O–H groups in total. The van der Waals surface area contributed by atoms with Crippen LogP contribution in [-0.4, -0.2) is 27.5 Å². The molecular weight excluding hydrogens is 270 g/mol. The zero-order valence-corrected chi connectivity index (χ0v) is 11.6. The molecule has 2 heterocycles. The largest absolute Gasteiger partial charge is 0.488 e. The Morgan fingerprint density at radius 3 is 2.81 bits per heavy atom. The van der Waals surface area contributed by atoms with Crippen LogP contribution in [0.4, 0.5) is 0 Å². The molecule has 0 bridgehead atoms. The van der Waals surface area contributed by atoms with Gasteiger partial charge in [0.1, 0.15) is 17.5 Å². The van der Waals surface area contributed by atoms with Gasteiger partial charge in [0.05, 0.1) is 6.54 Å². The van der Waals surface area contributed by atoms with E-state index < -0.39 is 5.97 Å². The molecule has 0 fully saturated rings. The Hall–Kier alpha value is -2.56. The molecule has 0 spiro atoms. The number of para-hydroxylation sites is 1. The highest BCUT2D eigenvalue weighted by Crippen LogP contribution is 2.29. The van der Waals surface area contributed by atoms with Gasteiger partial charge in [0.25, 0.3) is 0 Å². The average molecular weight is 285 g/mol. The van der Waals surface area contributed by atoms with Crippen molar-refractivity contribution in [3.63, 3.8) is 0 Å². The summed E-state index contributed by atoms with van der Waals surface area (Å²) in [7, 11) is 0. The lowest BCUT2D eigenvalue weighted by atomic mass is 10.1. The summed E-state index contributed by atoms with van der Waals surface area (Å²) >= 11 is 0. The van der Waals surface area contributed by atoms with Gasteiger partial charge in [-0.3, -0.25) is 4.79 Å². The van der Waals surface area contributed by atoms with Crippen LogP contribution in [0.25, 0.3) is 0 Å². The summed E-state index contributed by atoms with van der Waals surface area (Å²) in [4.78, 5) is 22.7. The Morgan fingerprint density at radius 1 is 1.38 bits per heavy atom. The van der Waals surface area contributed by atoms with E-state index in [1.807, 2.05) is 24.3 Å². The summed E-state index contributed by atoms with van der Waals surface area (Å²) in [5.74, 6) is -0.344. The number of hydrogen-bond donors (Lipinski definition) is 1. The molecule has 1 atom stereocenters. The molecule has 108 valence electrons. The highest BCUT2D eigenvalue weighted by atomic mass is 16.5. The monoisotopic (exact) mass is 285 g/mol. The van der Waals surface area contributed by atoms with E-state index in [4.69, 9.17) is 4.74 Å². The molecular formula is C16H15NO4. The van der Waals surface area contributed by atoms with Gasteiger partial charge in [-0.15, -0.1) is 0 Å². The maximum atomic E-state index is 11.4. The van der Waals surface area contributed by atoms with Crippen molar-refractivity contribution in [2.24, 2.45) is 0 Å². The lowest BCUT2D eigenvalue weighted by Gasteiger charge is -2.13. The van der Waals surface area contributed by atoms with E-state index in [0.717, 1.165) is 17.7 Å². The van der Waals surface area contributed by atoms with E-state index in [1.165, 1.54) is 13.0 Å². The van der Waals surface area contributed by atoms with Crippen LogP contribution in [0, 0.1) is 0 Å². The first-order valence-electron chi connectivity index (χ1n) is 6.73. The number of carboxylic acids is 1. The number of aromatic nitrogens is 1. The molecule has 0 aliphatic carbocycles. The van der Waals surface area contributed by atoms with Crippen molar-refractivity contribution < 1.29 is 19.4 Å². The van der Waals surface area contributed by atoms with Crippen LogP contribution in [0.2, 0.25) is 0 Å². The van der Waals surface area contributed by atoms with Crippen molar-refractivity contribution in [3.05, 3.63) is 53.3 Å². The zero-order chi connectivity index (χ0) is 15.0. The Bertz CT molecular complexity index is 692. The van der Waals surface area contributed by atoms with Crippen molar-refractivity contribution in [1.82, 2.24) is 4.57 Å². The predicted molar refractivity (Wildman–Crippen MR) is 76.0 cm³/mol. The van der Waals surface area contributed by atoms with Crippen LogP contribution in [0.1, 0.15) is 33.3 Å². The summed E-state index contributed by atoms with van der Waals surface area (Å²) < 4.78 is 7.40. The summed E-state index contributed by atoms with van der Waals surface area (Å²) in [5, 5.41) is 9.24. The second kappa shape index (κ2) is 5.09. The number of carbonyl (C=O) groups excluding carboxylic acids is 1. The third kappa shape index (κ3) is 2.54. The fourth-order valence-electron chi connectivity index (χ4n) is 2.61. The maximum Gasteiger partial charge on any atom is 0.352 e. The van der Waals surface area contributed by atoms with Crippen LogP contribution in [0.3, 0.4) is 0 Å². The predicted octanol–water partition coefficient (Wildman–Crippen LogP) is 2.39. The third-order valence-corrected chi connectivity index (χ3v) is 3.64. The molecule has 2 aromatic rings. The van der Waals surface area contributed by atoms with Crippen molar-refractivity contribution in [2.45, 2.75) is 26.0 Å². The van der Waals surface area contributed by atoms with E-state index in [1.54, 1.807) is 10.8 Å². The van der Waals surface area contributed by atoms with E-state index in [2.05, 4.69) is 0 Å². The maximum absolute atomic E-state index is 11.4. The van der Waals surface area contributed by atoms with Gasteiger partial charge >= 0.3 is 5.97 Å². The van der Waals surface area contributed by atoms with Gasteiger partial charge in [-0.2, -0.15) is 0 Å². The Kier molecular flexibility index (Phi) is 3.25. The average Bonchev–Trinajstić information content (AvgIpc) is 3.02. The molecule has 0 amide bonds. The SMILES string of the molecule is CC(=O)c1cc(C(=O)O)n(CC2Cc3ccccc3O2)c1. The van der Waals surface area contributed by atoms with Gasteiger partial charge in [-0.05, 0) is 24.6 Å². The number of ketones is 1. The number of carboxylic acid groups (broad SMARTS) is 1. The topological polar surface area (TPSA) is 68.5 Å². The summed E-state index contributed by atoms with van der Waals surface area (Å²) in [6.07, 6.45) is 2.20. The number of aromatic carboxylic acids is 1. The van der Waals surface area contributed by atoms with Crippen molar-refractivity contribution in [3.8, 4) is 5.75 Å². The molecule has 3 rings (SSSR count). The molecule has 1 aliphatic heterocycles. The molecule has 21 heavy (non-hydrogen) atoms. The van der Waals surface area contributed by atoms with E-state index in [9.17, 15) is 14.7 Å². The van der Waals surface area contributed by atoms with Gasteiger partial charge in [-0.25, -0.2) is 4.79 Å². The fraction of sp³-hybridized carbons (Fsp3) is 0.250. The molecule has 1 unspecified atom stereocenters. The Balaban J connectivity index is 1.83. The van der Waals surface area contributed by atoms with Gasteiger partial charge in [-0.1, -0.05) is 18.2 Å². The summed E-state index contributed by atoms with van der Waals surface area (Å²) in [5.41, 5.74) is 1.64. The van der Waals surface area contributed by atoms with Gasteiger partial charge in [0.2, 0.25) is 0 Å². The van der Waals surface area contributed by atoms with Crippen molar-refractivity contribution >= 4 is 11.8 Å². The number of nitrogens with zero attached hydrogens (tertiary/aromatic N) is 1. The lowest BCUT2D eigenvalue weighted by Crippen LogP contribution is -2.22. The first-order chi connectivity index (χ1) is 10.0. The highest BCUT2D eigenvalue weighted by Gasteiger charge is 2.25. The molecule has 0 saturated carbocycles. The van der Waals surface area contributed by atoms with Crippen LogP contribution >= 0.6 is 0 Å². The fourth-order valence-corrected chi connectivity index (χ4v) is 2.61. The normalized spacial score (nSPS) is 16.3. The Morgan fingerprint density at radius 2 is 2.14 bits per heavy atom. The minimum atomic E-state index is -1.04. The van der Waals surface area contributed by atoms with Gasteiger partial charge in [0.15, 0.2) is 5.78 Å². The van der Waals surface area contributed by atoms with Gasteiger partial charge in [0, 0.05) is 18.2 Å². The molecule has 1 aromatic heterocycles. The Labute approximate surface area is 121 Å². The molecule has 1 aromatic carbocycles. The smallest absolute Gasteiger partial charge is 0.352 e. The van der Waals surface area contributed by atoms with Crippen LogP contribution in [0.5, 0.6) is 5.75 Å². The second-order valence-corrected chi connectivity index (χ2v) is 5.18. The molecule has 5 heteroatoms. The number of benzene rings is 1. The van der Waals surface area contributed by atoms with Gasteiger partial charge < -0.3 is 14.4 Å². The van der Waals surface area contributed by atoms with E-state index >= 15 is 0 Å². The summed E-state index contributed by atoms with van der Waals surface area (Å²) in [6.45, 7) is 1.83. The third-order valence-electron chi connectivity index (χ3n) is 3.64. The minimum Gasteiger partial charge on any atom is -0.488 e. The number of rotatable bonds is 4. The second-order valence-electron chi connectivity index (χ2n) is 5.18. The highest BCUT2D eigenvalue weighted by molar-refractivity contribution is 5.97. The molecule has 5 nitrogen and oxygen atoms in total. The van der Waals surface area contributed by atoms with Crippen LogP contribution in [-0.2, 0) is 13.0 Å². The molecule has 1 aliphatic rings. The summed E-state index contributed by atoms with van der Waals surface area (Å²) in [6, 6.07) is 9.19. The van der Waals surface area contributed by atoms with Crippen LogP contribution < -0.4 is 4.74 Å². The van der Waals surface area contributed by atoms with Crippen LogP contribution in [0.15, 0.2) is 36.5 Å². The first-order valence-corrected chi connectivity index (χ1v) is 6.73. The first kappa shape index (κ1) is 13.4. The number of hydrogen-bond acceptors (Lipinski definition) is 3. The number of carbonyl (C=O) groups is 2. The molecule has 0 saturated heterocycles. The number of fused-ring (bicyclic) bond motifs is 1. The minimum absolute atomic E-state index is 0.111. The van der Waals surface area contributed by atoms with E-state index in [0.29, 0.717) is 12.1 Å². The lowest BCUT2D eigenvalue weighted by molar-refractivity contribution is 0.0682. The van der Waals surface area contributed by atoms with Crippen molar-refractivity contribution in [1.29, 1.82) is 0 Å². The molecule has 0 radical (unpaired) electrons. The zero-order valence-electron chi connectivity index (χ0n) is 11.6. The van der Waals surface area contributed by atoms with Crippen molar-refractivity contribution in [2.75, 3.05) is 0 Å².